The van der Waals surface area contributed by atoms with E-state index in [4.69, 9.17) is 5.11 Å². The maximum atomic E-state index is 12.3. The summed E-state index contributed by atoms with van der Waals surface area (Å²) < 4.78 is 0. The number of rotatable bonds is 9. The molecule has 2 fully saturated rings. The molecular weight excluding hydrogens is 352 g/mol. The molecule has 1 saturated heterocycles. The Kier molecular flexibility index (Phi) is 6.61. The second-order valence-electron chi connectivity index (χ2n) is 7.26. The van der Waals surface area contributed by atoms with Gasteiger partial charge >= 0.3 is 0 Å². The van der Waals surface area contributed by atoms with Gasteiger partial charge in [-0.15, -0.1) is 11.3 Å². The molecule has 1 saturated carbocycles. The molecular formula is C18H28N4O3S. The zero-order chi connectivity index (χ0) is 18.5. The van der Waals surface area contributed by atoms with E-state index in [1.54, 1.807) is 5.38 Å². The van der Waals surface area contributed by atoms with Gasteiger partial charge < -0.3 is 15.7 Å². The van der Waals surface area contributed by atoms with Crippen LogP contribution in [0.25, 0.3) is 0 Å². The van der Waals surface area contributed by atoms with Crippen molar-refractivity contribution in [1.82, 2.24) is 20.5 Å². The van der Waals surface area contributed by atoms with Crippen molar-refractivity contribution < 1.29 is 14.7 Å². The Bertz CT molecular complexity index is 632. The van der Waals surface area contributed by atoms with Crippen LogP contribution in [0.3, 0.4) is 0 Å². The fourth-order valence-corrected chi connectivity index (χ4v) is 4.19. The Morgan fingerprint density at radius 2 is 2.04 bits per heavy atom. The van der Waals surface area contributed by atoms with Crippen molar-refractivity contribution in [2.75, 3.05) is 26.2 Å². The minimum absolute atomic E-state index is 0.00696. The van der Waals surface area contributed by atoms with Gasteiger partial charge in [0.15, 0.2) is 0 Å². The minimum atomic E-state index is -0.120. The summed E-state index contributed by atoms with van der Waals surface area (Å²) in [6.45, 7) is 3.76. The molecule has 1 aromatic rings. The summed E-state index contributed by atoms with van der Waals surface area (Å²) >= 11 is 1.48. The van der Waals surface area contributed by atoms with Crippen LogP contribution in [0.15, 0.2) is 5.38 Å². The standard InChI is InChI=1S/C18H28N4O3S/c1-12-21-16(11-26-12)18(25)20-9-15-5-4-14(8-17(24)19-6-7-23)22(15)10-13-2-3-13/h11,13-15,23H,2-10H2,1H3,(H,19,24)(H,20,25)/t14-,15+/m1/s1. The van der Waals surface area contributed by atoms with E-state index in [1.807, 2.05) is 6.92 Å². The third kappa shape index (κ3) is 5.25. The average Bonchev–Trinajstić information content (AvgIpc) is 3.22. The number of hydrogen-bond donors (Lipinski definition) is 3. The van der Waals surface area contributed by atoms with Crippen molar-refractivity contribution in [2.24, 2.45) is 5.92 Å². The van der Waals surface area contributed by atoms with Crippen LogP contribution in [0.2, 0.25) is 0 Å². The number of carbonyl (C=O) groups is 2. The van der Waals surface area contributed by atoms with Crippen LogP contribution in [-0.2, 0) is 4.79 Å². The Morgan fingerprint density at radius 1 is 1.27 bits per heavy atom. The average molecular weight is 381 g/mol. The maximum Gasteiger partial charge on any atom is 0.270 e. The van der Waals surface area contributed by atoms with Gasteiger partial charge in [0, 0.05) is 43.5 Å². The molecule has 3 N–H and O–H groups in total. The van der Waals surface area contributed by atoms with Gasteiger partial charge in [-0.2, -0.15) is 0 Å². The third-order valence-electron chi connectivity index (χ3n) is 5.14. The van der Waals surface area contributed by atoms with Gasteiger partial charge in [-0.3, -0.25) is 14.5 Å². The SMILES string of the molecule is Cc1nc(C(=O)NC[C@@H]2CC[C@H](CC(=O)NCCO)N2CC2CC2)cs1. The Labute approximate surface area is 158 Å². The fourth-order valence-electron chi connectivity index (χ4n) is 3.60. The first-order valence-corrected chi connectivity index (χ1v) is 10.3. The molecule has 1 aliphatic heterocycles. The highest BCUT2D eigenvalue weighted by atomic mass is 32.1. The number of aromatic nitrogens is 1. The molecule has 1 aliphatic carbocycles. The first-order chi connectivity index (χ1) is 12.6. The quantitative estimate of drug-likeness (QED) is 0.592. The van der Waals surface area contributed by atoms with E-state index < -0.39 is 0 Å². The molecule has 1 aromatic heterocycles. The smallest absolute Gasteiger partial charge is 0.270 e. The van der Waals surface area contributed by atoms with E-state index in [9.17, 15) is 9.59 Å². The monoisotopic (exact) mass is 380 g/mol. The van der Waals surface area contributed by atoms with Crippen molar-refractivity contribution in [3.8, 4) is 0 Å². The highest BCUT2D eigenvalue weighted by Gasteiger charge is 2.38. The van der Waals surface area contributed by atoms with E-state index >= 15 is 0 Å². The van der Waals surface area contributed by atoms with E-state index in [-0.39, 0.29) is 30.5 Å². The molecule has 0 spiro atoms. The van der Waals surface area contributed by atoms with Crippen molar-refractivity contribution in [1.29, 1.82) is 0 Å². The summed E-state index contributed by atoms with van der Waals surface area (Å²) in [5, 5.41) is 17.3. The molecule has 0 unspecified atom stereocenters. The lowest BCUT2D eigenvalue weighted by Crippen LogP contribution is -2.45. The van der Waals surface area contributed by atoms with Gasteiger partial charge in [-0.05, 0) is 38.5 Å². The summed E-state index contributed by atoms with van der Waals surface area (Å²) in [5.41, 5.74) is 0.485. The van der Waals surface area contributed by atoms with Crippen LogP contribution in [0, 0.1) is 12.8 Å². The topological polar surface area (TPSA) is 94.6 Å². The van der Waals surface area contributed by atoms with Gasteiger partial charge in [0.1, 0.15) is 5.69 Å². The zero-order valence-electron chi connectivity index (χ0n) is 15.2. The minimum Gasteiger partial charge on any atom is -0.395 e. The van der Waals surface area contributed by atoms with Crippen LogP contribution in [-0.4, -0.2) is 65.1 Å². The summed E-state index contributed by atoms with van der Waals surface area (Å²) in [5.74, 6) is 0.604. The second-order valence-corrected chi connectivity index (χ2v) is 8.33. The molecule has 0 aromatic carbocycles. The highest BCUT2D eigenvalue weighted by Crippen LogP contribution is 2.35. The fraction of sp³-hybridized carbons (Fsp3) is 0.722. The Hall–Kier alpha value is -1.51. The predicted octanol–water partition coefficient (Wildman–Crippen LogP) is 0.923. The molecule has 144 valence electrons. The molecule has 2 heterocycles. The zero-order valence-corrected chi connectivity index (χ0v) is 16.1. The van der Waals surface area contributed by atoms with Crippen LogP contribution in [0.4, 0.5) is 0 Å². The molecule has 3 rings (SSSR count). The van der Waals surface area contributed by atoms with Crippen LogP contribution in [0.5, 0.6) is 0 Å². The van der Waals surface area contributed by atoms with Gasteiger partial charge in [0.2, 0.25) is 5.91 Å². The molecule has 7 nitrogen and oxygen atoms in total. The molecule has 2 aliphatic rings. The summed E-state index contributed by atoms with van der Waals surface area (Å²) in [7, 11) is 0. The summed E-state index contributed by atoms with van der Waals surface area (Å²) in [6.07, 6.45) is 4.94. The highest BCUT2D eigenvalue weighted by molar-refractivity contribution is 7.09. The van der Waals surface area contributed by atoms with Crippen molar-refractivity contribution in [3.05, 3.63) is 16.1 Å². The van der Waals surface area contributed by atoms with Crippen LogP contribution < -0.4 is 10.6 Å². The number of amides is 2. The normalized spacial score (nSPS) is 23.2. The molecule has 2 amide bonds. The maximum absolute atomic E-state index is 12.3. The van der Waals surface area contributed by atoms with E-state index in [0.717, 1.165) is 30.3 Å². The molecule has 0 radical (unpaired) electrons. The lowest BCUT2D eigenvalue weighted by molar-refractivity contribution is -0.122. The molecule has 26 heavy (non-hydrogen) atoms. The first kappa shape index (κ1) is 19.3. The van der Waals surface area contributed by atoms with Crippen LogP contribution >= 0.6 is 11.3 Å². The molecule has 2 atom stereocenters. The van der Waals surface area contributed by atoms with Crippen molar-refractivity contribution >= 4 is 23.2 Å². The molecule has 8 heteroatoms. The van der Waals surface area contributed by atoms with Gasteiger partial charge in [-0.1, -0.05) is 0 Å². The van der Waals surface area contributed by atoms with Gasteiger partial charge in [-0.25, -0.2) is 4.98 Å². The number of nitrogens with zero attached hydrogens (tertiary/aromatic N) is 2. The van der Waals surface area contributed by atoms with Crippen LogP contribution in [0.1, 0.15) is 47.6 Å². The number of likely N-dealkylation sites (tertiary alicyclic amines) is 1. The lowest BCUT2D eigenvalue weighted by atomic mass is 10.1. The predicted molar refractivity (Wildman–Crippen MR) is 100 cm³/mol. The number of carbonyl (C=O) groups excluding carboxylic acids is 2. The lowest BCUT2D eigenvalue weighted by Gasteiger charge is -2.30. The number of hydrogen-bond acceptors (Lipinski definition) is 6. The molecule has 0 bridgehead atoms. The number of nitrogens with one attached hydrogen (secondary N) is 2. The second kappa shape index (κ2) is 8.92. The summed E-state index contributed by atoms with van der Waals surface area (Å²) in [4.78, 5) is 31.0. The van der Waals surface area contributed by atoms with E-state index in [2.05, 4.69) is 20.5 Å². The first-order valence-electron chi connectivity index (χ1n) is 9.40. The Balaban J connectivity index is 1.53. The number of aliphatic hydroxyl groups excluding tert-OH is 1. The van der Waals surface area contributed by atoms with E-state index in [0.29, 0.717) is 25.2 Å². The van der Waals surface area contributed by atoms with Crippen molar-refractivity contribution in [3.63, 3.8) is 0 Å². The number of thiazole rings is 1. The van der Waals surface area contributed by atoms with Gasteiger partial charge in [0.05, 0.1) is 11.6 Å². The number of aliphatic hydroxyl groups is 1. The number of aryl methyl sites for hydroxylation is 1. The largest absolute Gasteiger partial charge is 0.395 e. The Morgan fingerprint density at radius 3 is 2.69 bits per heavy atom. The van der Waals surface area contributed by atoms with E-state index in [1.165, 1.54) is 24.2 Å². The summed E-state index contributed by atoms with van der Waals surface area (Å²) in [6, 6.07) is 0.493. The van der Waals surface area contributed by atoms with Gasteiger partial charge in [0.25, 0.3) is 5.91 Å². The van der Waals surface area contributed by atoms with Crippen molar-refractivity contribution in [2.45, 2.75) is 51.1 Å². The third-order valence-corrected chi connectivity index (χ3v) is 5.92.